The van der Waals surface area contributed by atoms with E-state index >= 15 is 0 Å². The number of hydrogen-bond acceptors (Lipinski definition) is 5. The Morgan fingerprint density at radius 3 is 2.74 bits per heavy atom. The number of hydrogen-bond donors (Lipinski definition) is 0. The summed E-state index contributed by atoms with van der Waals surface area (Å²) in [5.41, 5.74) is 2.03. The molecule has 4 rings (SSSR count). The summed E-state index contributed by atoms with van der Waals surface area (Å²) in [5.74, 6) is 1.70. The van der Waals surface area contributed by atoms with Crippen LogP contribution in [0.1, 0.15) is 23.5 Å². The molecular weight excluding hydrogens is 342 g/mol. The molecule has 3 aromatic rings. The minimum absolute atomic E-state index is 0.0291. The smallest absolute Gasteiger partial charge is 0.253 e. The normalized spacial score (nSPS) is 14.6. The maximum absolute atomic E-state index is 12.6. The van der Waals surface area contributed by atoms with Crippen molar-refractivity contribution in [3.05, 3.63) is 76.5 Å². The summed E-state index contributed by atoms with van der Waals surface area (Å²) in [6.45, 7) is 3.70. The highest BCUT2D eigenvalue weighted by Crippen LogP contribution is 2.16. The molecule has 0 saturated carbocycles. The minimum atomic E-state index is 0.0291. The molecule has 7 heteroatoms. The largest absolute Gasteiger partial charge is 0.497 e. The van der Waals surface area contributed by atoms with Crippen molar-refractivity contribution in [1.82, 2.24) is 24.0 Å². The molecule has 140 valence electrons. The van der Waals surface area contributed by atoms with E-state index in [-0.39, 0.29) is 5.56 Å². The third kappa shape index (κ3) is 4.09. The summed E-state index contributed by atoms with van der Waals surface area (Å²) < 4.78 is 8.96. The Labute approximate surface area is 157 Å². The Balaban J connectivity index is 1.54. The molecule has 2 aromatic heterocycles. The van der Waals surface area contributed by atoms with Crippen LogP contribution >= 0.6 is 0 Å². The second-order valence-corrected chi connectivity index (χ2v) is 6.80. The van der Waals surface area contributed by atoms with Crippen molar-refractivity contribution in [2.24, 2.45) is 0 Å². The van der Waals surface area contributed by atoms with Crippen LogP contribution in [0.5, 0.6) is 5.75 Å². The van der Waals surface area contributed by atoms with Gasteiger partial charge in [0.15, 0.2) is 0 Å². The Bertz CT molecular complexity index is 948. The van der Waals surface area contributed by atoms with Gasteiger partial charge in [0, 0.05) is 38.1 Å². The third-order valence-electron chi connectivity index (χ3n) is 4.83. The van der Waals surface area contributed by atoms with Gasteiger partial charge in [0.05, 0.1) is 32.2 Å². The van der Waals surface area contributed by atoms with Gasteiger partial charge in [0.2, 0.25) is 0 Å². The van der Waals surface area contributed by atoms with Gasteiger partial charge in [-0.05, 0) is 24.1 Å². The van der Waals surface area contributed by atoms with Crippen LogP contribution in [0.3, 0.4) is 0 Å². The van der Waals surface area contributed by atoms with E-state index in [2.05, 4.69) is 22.0 Å². The van der Waals surface area contributed by atoms with Crippen molar-refractivity contribution in [2.75, 3.05) is 13.7 Å². The predicted molar refractivity (Wildman–Crippen MR) is 102 cm³/mol. The zero-order chi connectivity index (χ0) is 18.6. The Kier molecular flexibility index (Phi) is 5.02. The molecule has 0 bridgehead atoms. The molecular formula is C20H23N5O2. The minimum Gasteiger partial charge on any atom is -0.497 e. The first-order chi connectivity index (χ1) is 13.2. The maximum atomic E-state index is 12.6. The van der Waals surface area contributed by atoms with E-state index in [0.29, 0.717) is 19.6 Å². The summed E-state index contributed by atoms with van der Waals surface area (Å²) in [6, 6.07) is 9.77. The lowest BCUT2D eigenvalue weighted by molar-refractivity contribution is 0.258. The summed E-state index contributed by atoms with van der Waals surface area (Å²) in [4.78, 5) is 23.7. The van der Waals surface area contributed by atoms with Crippen molar-refractivity contribution >= 4 is 0 Å². The maximum Gasteiger partial charge on any atom is 0.253 e. The van der Waals surface area contributed by atoms with Gasteiger partial charge in [0.1, 0.15) is 11.6 Å². The quantitative estimate of drug-likeness (QED) is 0.691. The number of benzene rings is 1. The van der Waals surface area contributed by atoms with Crippen molar-refractivity contribution in [2.45, 2.75) is 32.6 Å². The SMILES string of the molecule is COc1ccc(CN2CCCn3c(nc(Cn4ccnc4)cc3=O)C2)cc1. The molecule has 1 aliphatic rings. The van der Waals surface area contributed by atoms with Gasteiger partial charge in [-0.25, -0.2) is 9.97 Å². The van der Waals surface area contributed by atoms with Gasteiger partial charge < -0.3 is 9.30 Å². The number of rotatable bonds is 5. The van der Waals surface area contributed by atoms with Gasteiger partial charge in [-0.1, -0.05) is 12.1 Å². The molecule has 0 amide bonds. The average Bonchev–Trinajstić information content (AvgIpc) is 3.08. The predicted octanol–water partition coefficient (Wildman–Crippen LogP) is 1.90. The van der Waals surface area contributed by atoms with Crippen LogP contribution in [0.25, 0.3) is 0 Å². The highest BCUT2D eigenvalue weighted by molar-refractivity contribution is 5.27. The molecule has 0 atom stereocenters. The standard InChI is InChI=1S/C20H23N5O2/c1-27-18-5-3-16(4-6-18)12-23-8-2-9-25-19(14-23)22-17(11-20(25)26)13-24-10-7-21-15-24/h3-7,10-11,15H,2,8-9,12-14H2,1H3. The molecule has 0 aliphatic carbocycles. The number of nitrogens with zero attached hydrogens (tertiary/aromatic N) is 5. The molecule has 0 fully saturated rings. The number of fused-ring (bicyclic) bond motifs is 1. The first kappa shape index (κ1) is 17.5. The van der Waals surface area contributed by atoms with Crippen molar-refractivity contribution in [3.63, 3.8) is 0 Å². The zero-order valence-corrected chi connectivity index (χ0v) is 15.4. The van der Waals surface area contributed by atoms with Crippen LogP contribution in [0.15, 0.2) is 53.8 Å². The Morgan fingerprint density at radius 1 is 1.15 bits per heavy atom. The lowest BCUT2D eigenvalue weighted by Crippen LogP contribution is -2.27. The van der Waals surface area contributed by atoms with E-state index in [1.54, 1.807) is 25.7 Å². The van der Waals surface area contributed by atoms with E-state index in [4.69, 9.17) is 9.72 Å². The molecule has 0 N–H and O–H groups in total. The summed E-state index contributed by atoms with van der Waals surface area (Å²) in [5, 5.41) is 0. The second-order valence-electron chi connectivity index (χ2n) is 6.80. The Hall–Kier alpha value is -2.93. The van der Waals surface area contributed by atoms with Gasteiger partial charge in [-0.2, -0.15) is 0 Å². The molecule has 3 heterocycles. The fourth-order valence-electron chi connectivity index (χ4n) is 3.47. The van der Waals surface area contributed by atoms with Gasteiger partial charge in [-0.3, -0.25) is 14.3 Å². The van der Waals surface area contributed by atoms with Crippen LogP contribution in [0, 0.1) is 0 Å². The van der Waals surface area contributed by atoms with Gasteiger partial charge in [-0.15, -0.1) is 0 Å². The number of ether oxygens (including phenoxy) is 1. The monoisotopic (exact) mass is 365 g/mol. The number of methoxy groups -OCH3 is 1. The van der Waals surface area contributed by atoms with Crippen LogP contribution in [-0.2, 0) is 26.2 Å². The van der Waals surface area contributed by atoms with E-state index in [0.717, 1.165) is 36.8 Å². The lowest BCUT2D eigenvalue weighted by atomic mass is 10.2. The molecule has 0 unspecified atom stereocenters. The summed E-state index contributed by atoms with van der Waals surface area (Å²) in [6.07, 6.45) is 6.28. The number of imidazole rings is 1. The molecule has 1 aliphatic heterocycles. The Morgan fingerprint density at radius 2 is 2.00 bits per heavy atom. The van der Waals surface area contributed by atoms with Crippen molar-refractivity contribution < 1.29 is 4.74 Å². The van der Waals surface area contributed by atoms with E-state index < -0.39 is 0 Å². The molecule has 7 nitrogen and oxygen atoms in total. The van der Waals surface area contributed by atoms with Crippen molar-refractivity contribution in [1.29, 1.82) is 0 Å². The molecule has 0 saturated heterocycles. The lowest BCUT2D eigenvalue weighted by Gasteiger charge is -2.20. The van der Waals surface area contributed by atoms with E-state index in [1.165, 1.54) is 5.56 Å². The number of aromatic nitrogens is 4. The highest BCUT2D eigenvalue weighted by atomic mass is 16.5. The summed E-state index contributed by atoms with van der Waals surface area (Å²) >= 11 is 0. The molecule has 27 heavy (non-hydrogen) atoms. The van der Waals surface area contributed by atoms with Gasteiger partial charge in [0.25, 0.3) is 5.56 Å². The van der Waals surface area contributed by atoms with Crippen LogP contribution < -0.4 is 10.3 Å². The second kappa shape index (κ2) is 7.75. The van der Waals surface area contributed by atoms with E-state index in [9.17, 15) is 4.79 Å². The van der Waals surface area contributed by atoms with Crippen LogP contribution in [0.2, 0.25) is 0 Å². The first-order valence-corrected chi connectivity index (χ1v) is 9.12. The van der Waals surface area contributed by atoms with Crippen molar-refractivity contribution in [3.8, 4) is 5.75 Å². The summed E-state index contributed by atoms with van der Waals surface area (Å²) in [7, 11) is 1.67. The average molecular weight is 365 g/mol. The zero-order valence-electron chi connectivity index (χ0n) is 15.4. The molecule has 0 spiro atoms. The van der Waals surface area contributed by atoms with Crippen LogP contribution in [0.4, 0.5) is 0 Å². The van der Waals surface area contributed by atoms with E-state index in [1.807, 2.05) is 27.5 Å². The van der Waals surface area contributed by atoms with Crippen LogP contribution in [-0.4, -0.2) is 37.7 Å². The fourth-order valence-corrected chi connectivity index (χ4v) is 3.47. The highest BCUT2D eigenvalue weighted by Gasteiger charge is 2.17. The van der Waals surface area contributed by atoms with Gasteiger partial charge >= 0.3 is 0 Å². The first-order valence-electron chi connectivity index (χ1n) is 9.12. The molecule has 0 radical (unpaired) electrons. The topological polar surface area (TPSA) is 65.2 Å². The molecule has 1 aromatic carbocycles. The fraction of sp³-hybridized carbons (Fsp3) is 0.350. The third-order valence-corrected chi connectivity index (χ3v) is 4.83.